The van der Waals surface area contributed by atoms with Crippen molar-refractivity contribution >= 4 is 40.6 Å². The fourth-order valence-corrected chi connectivity index (χ4v) is 6.49. The van der Waals surface area contributed by atoms with E-state index in [2.05, 4.69) is 43.8 Å². The number of rotatable bonds is 11. The number of hydrogen-bond acceptors (Lipinski definition) is 9. The van der Waals surface area contributed by atoms with Crippen molar-refractivity contribution in [3.8, 4) is 11.5 Å². The molecule has 46 heavy (non-hydrogen) atoms. The first-order valence-corrected chi connectivity index (χ1v) is 16.1. The Kier molecular flexibility index (Phi) is 9.88. The molecular weight excluding hydrogens is 598 g/mol. The Bertz CT molecular complexity index is 1790. The first-order valence-electron chi connectivity index (χ1n) is 15.3. The zero-order valence-corrected chi connectivity index (χ0v) is 28.0. The molecule has 0 radical (unpaired) electrons. The fourth-order valence-electron chi connectivity index (χ4n) is 5.68. The highest BCUT2D eigenvalue weighted by atomic mass is 32.2. The molecule has 4 aromatic rings. The maximum Gasteiger partial charge on any atom is 0.196 e. The quantitative estimate of drug-likeness (QED) is 0.0665. The maximum absolute atomic E-state index is 14.0. The SMILES string of the molecule is Cc1cc(C)c(SNCCOCCO)c(C)c1Nc1cc(Oc2ccc(C(C)(C)C)cc2)c(N)c2c1C(=O)c1ccccc1C2=O. The summed E-state index contributed by atoms with van der Waals surface area (Å²) in [6, 6.07) is 18.4. The Morgan fingerprint density at radius 3 is 2.15 bits per heavy atom. The minimum absolute atomic E-state index is 0.0108. The standard InChI is InChI=1S/C37H41N3O5S/c1-21-19-22(2)36(46-39-15-17-44-18-16-41)23(3)33(21)40-28-20-29(45-25-13-11-24(12-14-25)37(4,5)6)32(38)31-30(28)34(42)26-9-7-8-10-27(26)35(31)43/h7-14,19-20,39-41H,15-18,38H2,1-6H3. The largest absolute Gasteiger partial charge is 0.455 e. The van der Waals surface area contributed by atoms with Crippen LogP contribution < -0.4 is 20.5 Å². The second-order valence-corrected chi connectivity index (χ2v) is 13.4. The topological polar surface area (TPSA) is 123 Å². The minimum Gasteiger partial charge on any atom is -0.455 e. The first kappa shape index (κ1) is 33.2. The molecule has 0 amide bonds. The highest BCUT2D eigenvalue weighted by molar-refractivity contribution is 7.97. The third-order valence-corrected chi connectivity index (χ3v) is 9.25. The van der Waals surface area contributed by atoms with Gasteiger partial charge >= 0.3 is 0 Å². The summed E-state index contributed by atoms with van der Waals surface area (Å²) in [5.41, 5.74) is 13.2. The summed E-state index contributed by atoms with van der Waals surface area (Å²) >= 11 is 1.50. The van der Waals surface area contributed by atoms with E-state index in [1.807, 2.05) is 38.1 Å². The lowest BCUT2D eigenvalue weighted by Crippen LogP contribution is -2.24. The van der Waals surface area contributed by atoms with Crippen LogP contribution >= 0.6 is 11.9 Å². The number of nitrogens with one attached hydrogen (secondary N) is 2. The molecule has 0 heterocycles. The van der Waals surface area contributed by atoms with E-state index < -0.39 is 0 Å². The summed E-state index contributed by atoms with van der Waals surface area (Å²) in [5.74, 6) is 0.255. The summed E-state index contributed by atoms with van der Waals surface area (Å²) in [6.45, 7) is 13.9. The summed E-state index contributed by atoms with van der Waals surface area (Å²) in [6.07, 6.45) is 0. The van der Waals surface area contributed by atoms with Gasteiger partial charge in [-0.3, -0.25) is 14.3 Å². The number of anilines is 3. The number of carbonyl (C=O) groups is 2. The molecule has 0 unspecified atom stereocenters. The normalized spacial score (nSPS) is 12.6. The van der Waals surface area contributed by atoms with Crippen LogP contribution in [0.2, 0.25) is 0 Å². The fraction of sp³-hybridized carbons (Fsp3) is 0.297. The number of benzene rings is 4. The van der Waals surface area contributed by atoms with Crippen molar-refractivity contribution in [2.45, 2.75) is 51.9 Å². The summed E-state index contributed by atoms with van der Waals surface area (Å²) in [4.78, 5) is 29.0. The number of aliphatic hydroxyl groups is 1. The van der Waals surface area contributed by atoms with Gasteiger partial charge in [-0.2, -0.15) is 0 Å². The van der Waals surface area contributed by atoms with Crippen molar-refractivity contribution in [2.75, 3.05) is 37.4 Å². The van der Waals surface area contributed by atoms with Crippen molar-refractivity contribution < 1.29 is 24.2 Å². The van der Waals surface area contributed by atoms with Gasteiger partial charge in [0.15, 0.2) is 17.3 Å². The van der Waals surface area contributed by atoms with E-state index in [9.17, 15) is 9.59 Å². The molecule has 5 rings (SSSR count). The monoisotopic (exact) mass is 639 g/mol. The van der Waals surface area contributed by atoms with Gasteiger partial charge in [0.1, 0.15) is 5.75 Å². The first-order chi connectivity index (χ1) is 21.9. The molecule has 0 bridgehead atoms. The van der Waals surface area contributed by atoms with Crippen LogP contribution in [0.25, 0.3) is 0 Å². The van der Waals surface area contributed by atoms with Gasteiger partial charge in [-0.15, -0.1) is 0 Å². The molecule has 8 nitrogen and oxygen atoms in total. The molecule has 1 aliphatic rings. The van der Waals surface area contributed by atoms with Gasteiger partial charge in [-0.05, 0) is 72.5 Å². The molecule has 1 aliphatic carbocycles. The van der Waals surface area contributed by atoms with E-state index in [4.69, 9.17) is 20.3 Å². The van der Waals surface area contributed by atoms with Crippen LogP contribution in [0.5, 0.6) is 11.5 Å². The van der Waals surface area contributed by atoms with Crippen LogP contribution in [-0.4, -0.2) is 43.0 Å². The lowest BCUT2D eigenvalue weighted by atomic mass is 9.82. The summed E-state index contributed by atoms with van der Waals surface area (Å²) < 4.78 is 15.0. The van der Waals surface area contributed by atoms with Crippen molar-refractivity contribution in [1.29, 1.82) is 0 Å². The molecule has 0 spiro atoms. The molecule has 9 heteroatoms. The molecular formula is C37H41N3O5S. The predicted octanol–water partition coefficient (Wildman–Crippen LogP) is 7.41. The van der Waals surface area contributed by atoms with Crippen LogP contribution in [0.15, 0.2) is 65.6 Å². The molecule has 0 aromatic heterocycles. The third-order valence-electron chi connectivity index (χ3n) is 8.07. The lowest BCUT2D eigenvalue weighted by Gasteiger charge is -2.26. The number of fused-ring (bicyclic) bond motifs is 2. The number of carbonyl (C=O) groups excluding carboxylic acids is 2. The Hall–Kier alpha value is -4.15. The van der Waals surface area contributed by atoms with Crippen molar-refractivity contribution in [3.63, 3.8) is 0 Å². The summed E-state index contributed by atoms with van der Waals surface area (Å²) in [5, 5.41) is 12.5. The summed E-state index contributed by atoms with van der Waals surface area (Å²) in [7, 11) is 0. The number of aryl methyl sites for hydroxylation is 2. The van der Waals surface area contributed by atoms with Crippen LogP contribution in [0.3, 0.4) is 0 Å². The van der Waals surface area contributed by atoms with Crippen LogP contribution in [0, 0.1) is 20.8 Å². The molecule has 5 N–H and O–H groups in total. The molecule has 0 fully saturated rings. The van der Waals surface area contributed by atoms with E-state index in [0.717, 1.165) is 32.8 Å². The van der Waals surface area contributed by atoms with Crippen LogP contribution in [0.1, 0.15) is 74.9 Å². The predicted molar refractivity (Wildman–Crippen MR) is 185 cm³/mol. The zero-order valence-electron chi connectivity index (χ0n) is 27.2. The Balaban J connectivity index is 1.58. The van der Waals surface area contributed by atoms with Crippen molar-refractivity contribution in [2.24, 2.45) is 0 Å². The van der Waals surface area contributed by atoms with Gasteiger partial charge in [0.2, 0.25) is 0 Å². The van der Waals surface area contributed by atoms with Crippen LogP contribution in [0.4, 0.5) is 17.1 Å². The molecule has 0 atom stereocenters. The highest BCUT2D eigenvalue weighted by Gasteiger charge is 2.35. The number of ether oxygens (including phenoxy) is 2. The second kappa shape index (κ2) is 13.7. The molecule has 240 valence electrons. The Labute approximate surface area is 274 Å². The molecule has 4 aromatic carbocycles. The zero-order chi connectivity index (χ0) is 33.2. The maximum atomic E-state index is 14.0. The number of nitrogen functional groups attached to an aromatic ring is 1. The Morgan fingerprint density at radius 2 is 1.52 bits per heavy atom. The van der Waals surface area contributed by atoms with Crippen molar-refractivity contribution in [1.82, 2.24) is 4.72 Å². The smallest absolute Gasteiger partial charge is 0.196 e. The van der Waals surface area contributed by atoms with Gasteiger partial charge in [0, 0.05) is 34.3 Å². The van der Waals surface area contributed by atoms with Gasteiger partial charge < -0.3 is 25.6 Å². The molecule has 0 saturated heterocycles. The number of ketones is 2. The lowest BCUT2D eigenvalue weighted by molar-refractivity contribution is 0.0964. The van der Waals surface area contributed by atoms with E-state index in [-0.39, 0.29) is 46.2 Å². The highest BCUT2D eigenvalue weighted by Crippen LogP contribution is 2.44. The minimum atomic E-state index is -0.319. The number of aliphatic hydroxyl groups excluding tert-OH is 1. The average molecular weight is 640 g/mol. The van der Waals surface area contributed by atoms with E-state index >= 15 is 0 Å². The average Bonchev–Trinajstić information content (AvgIpc) is 3.02. The third kappa shape index (κ3) is 6.69. The second-order valence-electron chi connectivity index (χ2n) is 12.5. The van der Waals surface area contributed by atoms with Gasteiger partial charge in [-0.1, -0.05) is 63.2 Å². The van der Waals surface area contributed by atoms with Gasteiger partial charge in [-0.25, -0.2) is 0 Å². The van der Waals surface area contributed by atoms with E-state index in [1.54, 1.807) is 30.3 Å². The van der Waals surface area contributed by atoms with E-state index in [1.165, 1.54) is 11.9 Å². The number of hydrogen-bond donors (Lipinski definition) is 4. The number of nitrogens with two attached hydrogens (primary N) is 1. The van der Waals surface area contributed by atoms with E-state index in [0.29, 0.717) is 42.3 Å². The molecule has 0 aliphatic heterocycles. The van der Waals surface area contributed by atoms with Gasteiger partial charge in [0.05, 0.1) is 42.3 Å². The van der Waals surface area contributed by atoms with Gasteiger partial charge in [0.25, 0.3) is 0 Å². The van der Waals surface area contributed by atoms with Crippen LogP contribution in [-0.2, 0) is 10.2 Å². The molecule has 0 saturated carbocycles. The Morgan fingerprint density at radius 1 is 0.870 bits per heavy atom. The van der Waals surface area contributed by atoms with Crippen molar-refractivity contribution in [3.05, 3.63) is 105 Å².